The van der Waals surface area contributed by atoms with Gasteiger partial charge in [-0.25, -0.2) is 0 Å². The molecule has 0 aromatic heterocycles. The van der Waals surface area contributed by atoms with Crippen molar-refractivity contribution >= 4 is 5.91 Å². The molecule has 3 atom stereocenters. The Morgan fingerprint density at radius 2 is 2.12 bits per heavy atom. The molecule has 1 aromatic rings. The van der Waals surface area contributed by atoms with E-state index in [1.54, 1.807) is 14.2 Å². The van der Waals surface area contributed by atoms with Crippen LogP contribution in [0, 0.1) is 5.92 Å². The predicted molar refractivity (Wildman–Crippen MR) is 94.6 cm³/mol. The first-order valence-electron chi connectivity index (χ1n) is 8.95. The Labute approximate surface area is 148 Å². The molecule has 1 amide bonds. The highest BCUT2D eigenvalue weighted by Crippen LogP contribution is 2.51. The summed E-state index contributed by atoms with van der Waals surface area (Å²) >= 11 is 0. The summed E-state index contributed by atoms with van der Waals surface area (Å²) in [6.45, 7) is 0.818. The predicted octanol–water partition coefficient (Wildman–Crippen LogP) is 1.86. The second-order valence-electron chi connectivity index (χ2n) is 7.20. The Morgan fingerprint density at radius 3 is 2.80 bits per heavy atom. The van der Waals surface area contributed by atoms with Gasteiger partial charge in [0.25, 0.3) is 0 Å². The number of primary amides is 1. The van der Waals surface area contributed by atoms with Crippen LogP contribution in [0.5, 0.6) is 11.5 Å². The molecule has 25 heavy (non-hydrogen) atoms. The molecule has 1 heterocycles. The lowest BCUT2D eigenvalue weighted by Crippen LogP contribution is -2.56. The minimum absolute atomic E-state index is 0.0513. The molecule has 0 bridgehead atoms. The fourth-order valence-electron chi connectivity index (χ4n) is 4.60. The van der Waals surface area contributed by atoms with Crippen LogP contribution in [-0.2, 0) is 4.79 Å². The SMILES string of the molecule is COc1ccc(OC)c([C@H]2[C@@H]3CCCC[C@@]3(O)CCN2CC(N)=O)c1. The molecule has 6 nitrogen and oxygen atoms in total. The van der Waals surface area contributed by atoms with Crippen molar-refractivity contribution in [2.45, 2.75) is 43.7 Å². The van der Waals surface area contributed by atoms with Crippen LogP contribution in [0.15, 0.2) is 18.2 Å². The van der Waals surface area contributed by atoms with Gasteiger partial charge in [0.2, 0.25) is 5.91 Å². The number of nitrogens with two attached hydrogens (primary N) is 1. The summed E-state index contributed by atoms with van der Waals surface area (Å²) < 4.78 is 11.0. The molecule has 2 fully saturated rings. The number of amides is 1. The van der Waals surface area contributed by atoms with E-state index < -0.39 is 5.60 Å². The standard InChI is InChI=1S/C19H28N2O4/c1-24-13-6-7-16(25-2)14(11-13)18-15-5-3-4-8-19(15,23)9-10-21(18)12-17(20)22/h6-7,11,15,18,23H,3-5,8-10,12H2,1-2H3,(H2,20,22)/t15-,18-,19+/m0/s1. The van der Waals surface area contributed by atoms with Gasteiger partial charge in [0.1, 0.15) is 11.5 Å². The monoisotopic (exact) mass is 348 g/mol. The van der Waals surface area contributed by atoms with Crippen LogP contribution in [0.2, 0.25) is 0 Å². The highest BCUT2D eigenvalue weighted by molar-refractivity contribution is 5.76. The van der Waals surface area contributed by atoms with Crippen molar-refractivity contribution < 1.29 is 19.4 Å². The summed E-state index contributed by atoms with van der Waals surface area (Å²) in [5.74, 6) is 1.18. The molecule has 3 N–H and O–H groups in total. The summed E-state index contributed by atoms with van der Waals surface area (Å²) in [6, 6.07) is 5.58. The number of hydrogen-bond acceptors (Lipinski definition) is 5. The fraction of sp³-hybridized carbons (Fsp3) is 0.632. The van der Waals surface area contributed by atoms with Gasteiger partial charge in [-0.15, -0.1) is 0 Å². The molecule has 1 saturated carbocycles. The summed E-state index contributed by atoms with van der Waals surface area (Å²) in [6.07, 6.45) is 4.54. The van der Waals surface area contributed by atoms with Crippen molar-refractivity contribution in [3.63, 3.8) is 0 Å². The first-order chi connectivity index (χ1) is 12.0. The molecule has 1 aliphatic carbocycles. The number of fused-ring (bicyclic) bond motifs is 1. The molecule has 1 aromatic carbocycles. The molecule has 1 saturated heterocycles. The molecule has 6 heteroatoms. The van der Waals surface area contributed by atoms with Crippen molar-refractivity contribution in [3.05, 3.63) is 23.8 Å². The van der Waals surface area contributed by atoms with E-state index in [-0.39, 0.29) is 24.4 Å². The van der Waals surface area contributed by atoms with Crippen LogP contribution < -0.4 is 15.2 Å². The molecule has 3 rings (SSSR count). The van der Waals surface area contributed by atoms with Gasteiger partial charge in [0.15, 0.2) is 0 Å². The first kappa shape index (κ1) is 18.0. The lowest BCUT2D eigenvalue weighted by molar-refractivity contribution is -0.136. The Balaban J connectivity index is 2.07. The Kier molecular flexibility index (Phi) is 5.20. The number of nitrogens with zero attached hydrogens (tertiary/aromatic N) is 1. The summed E-state index contributed by atoms with van der Waals surface area (Å²) in [5, 5.41) is 11.2. The van der Waals surface area contributed by atoms with Crippen LogP contribution in [-0.4, -0.2) is 48.8 Å². The number of aliphatic hydroxyl groups is 1. The summed E-state index contributed by atoms with van der Waals surface area (Å²) in [7, 11) is 3.27. The number of piperidine rings is 1. The minimum atomic E-state index is -0.689. The molecule has 2 aliphatic rings. The van der Waals surface area contributed by atoms with Crippen molar-refractivity contribution in [2.24, 2.45) is 11.7 Å². The largest absolute Gasteiger partial charge is 0.497 e. The van der Waals surface area contributed by atoms with E-state index in [0.717, 1.165) is 42.7 Å². The number of rotatable bonds is 5. The van der Waals surface area contributed by atoms with Gasteiger partial charge in [-0.3, -0.25) is 9.69 Å². The fourth-order valence-corrected chi connectivity index (χ4v) is 4.60. The van der Waals surface area contributed by atoms with E-state index in [1.165, 1.54) is 0 Å². The van der Waals surface area contributed by atoms with Crippen molar-refractivity contribution in [3.8, 4) is 11.5 Å². The van der Waals surface area contributed by atoms with Gasteiger partial charge < -0.3 is 20.3 Å². The highest BCUT2D eigenvalue weighted by Gasteiger charge is 2.49. The highest BCUT2D eigenvalue weighted by atomic mass is 16.5. The zero-order chi connectivity index (χ0) is 18.0. The third kappa shape index (κ3) is 3.46. The van der Waals surface area contributed by atoms with Crippen LogP contribution >= 0.6 is 0 Å². The van der Waals surface area contributed by atoms with Gasteiger partial charge >= 0.3 is 0 Å². The van der Waals surface area contributed by atoms with Gasteiger partial charge in [-0.05, 0) is 37.5 Å². The number of likely N-dealkylation sites (tertiary alicyclic amines) is 1. The Morgan fingerprint density at radius 1 is 1.32 bits per heavy atom. The third-order valence-electron chi connectivity index (χ3n) is 5.79. The number of hydrogen-bond donors (Lipinski definition) is 2. The maximum Gasteiger partial charge on any atom is 0.231 e. The van der Waals surface area contributed by atoms with E-state index in [2.05, 4.69) is 4.90 Å². The second kappa shape index (κ2) is 7.22. The molecule has 1 aliphatic heterocycles. The average molecular weight is 348 g/mol. The van der Waals surface area contributed by atoms with Gasteiger partial charge in [0, 0.05) is 24.1 Å². The smallest absolute Gasteiger partial charge is 0.231 e. The Bertz CT molecular complexity index is 636. The van der Waals surface area contributed by atoms with E-state index >= 15 is 0 Å². The topological polar surface area (TPSA) is 85.0 Å². The molecular formula is C19H28N2O4. The van der Waals surface area contributed by atoms with Crippen LogP contribution in [0.25, 0.3) is 0 Å². The average Bonchev–Trinajstić information content (AvgIpc) is 2.60. The minimum Gasteiger partial charge on any atom is -0.497 e. The molecular weight excluding hydrogens is 320 g/mol. The van der Waals surface area contributed by atoms with Crippen molar-refractivity contribution in [1.82, 2.24) is 4.90 Å². The zero-order valence-corrected chi connectivity index (χ0v) is 15.0. The number of methoxy groups -OCH3 is 2. The first-order valence-corrected chi connectivity index (χ1v) is 8.95. The number of ether oxygens (including phenoxy) is 2. The van der Waals surface area contributed by atoms with Crippen LogP contribution in [0.1, 0.15) is 43.7 Å². The lowest BCUT2D eigenvalue weighted by atomic mass is 9.66. The van der Waals surface area contributed by atoms with Crippen LogP contribution in [0.4, 0.5) is 0 Å². The van der Waals surface area contributed by atoms with E-state index in [1.807, 2.05) is 18.2 Å². The molecule has 0 unspecified atom stereocenters. The quantitative estimate of drug-likeness (QED) is 0.848. The maximum absolute atomic E-state index is 11.6. The zero-order valence-electron chi connectivity index (χ0n) is 15.0. The molecule has 0 radical (unpaired) electrons. The van der Waals surface area contributed by atoms with Gasteiger partial charge in [-0.1, -0.05) is 12.8 Å². The second-order valence-corrected chi connectivity index (χ2v) is 7.20. The molecule has 0 spiro atoms. The number of benzene rings is 1. The summed E-state index contributed by atoms with van der Waals surface area (Å²) in [4.78, 5) is 13.7. The normalized spacial score (nSPS) is 29.7. The van der Waals surface area contributed by atoms with Gasteiger partial charge in [-0.2, -0.15) is 0 Å². The number of carbonyl (C=O) groups is 1. The molecule has 138 valence electrons. The third-order valence-corrected chi connectivity index (χ3v) is 5.79. The Hall–Kier alpha value is -1.79. The maximum atomic E-state index is 11.6. The van der Waals surface area contributed by atoms with Gasteiger partial charge in [0.05, 0.1) is 26.4 Å². The lowest BCUT2D eigenvalue weighted by Gasteiger charge is -2.52. The van der Waals surface area contributed by atoms with Crippen molar-refractivity contribution in [1.29, 1.82) is 0 Å². The summed E-state index contributed by atoms with van der Waals surface area (Å²) in [5.41, 5.74) is 5.75. The van der Waals surface area contributed by atoms with E-state index in [0.29, 0.717) is 13.0 Å². The number of carbonyl (C=O) groups excluding carboxylic acids is 1. The van der Waals surface area contributed by atoms with E-state index in [9.17, 15) is 9.90 Å². The van der Waals surface area contributed by atoms with Crippen molar-refractivity contribution in [2.75, 3.05) is 27.3 Å². The van der Waals surface area contributed by atoms with Crippen LogP contribution in [0.3, 0.4) is 0 Å². The van der Waals surface area contributed by atoms with E-state index in [4.69, 9.17) is 15.2 Å².